The topological polar surface area (TPSA) is 56.9 Å². The van der Waals surface area contributed by atoms with E-state index < -0.39 is 0 Å². The highest BCUT2D eigenvalue weighted by molar-refractivity contribution is 5.95. The van der Waals surface area contributed by atoms with Crippen molar-refractivity contribution < 1.29 is 14.0 Å². The number of nitrogens with zero attached hydrogens (tertiary/aromatic N) is 2. The number of hydrogen-bond acceptors (Lipinski definition) is 5. The number of aromatic nitrogens is 1. The summed E-state index contributed by atoms with van der Waals surface area (Å²) in [6, 6.07) is 10.4. The van der Waals surface area contributed by atoms with Crippen LogP contribution in [0.5, 0.6) is 5.75 Å². The summed E-state index contributed by atoms with van der Waals surface area (Å²) in [5.74, 6) is 2.66. The molecule has 1 aromatic heterocycles. The summed E-state index contributed by atoms with van der Waals surface area (Å²) in [7, 11) is 0. The smallest absolute Gasteiger partial charge is 0.216 e. The normalized spacial score (nSPS) is 16.2. The van der Waals surface area contributed by atoms with Crippen LogP contribution >= 0.6 is 0 Å². The second-order valence-corrected chi connectivity index (χ2v) is 7.13. The van der Waals surface area contributed by atoms with E-state index >= 15 is 0 Å². The molecule has 3 rings (SSSR count). The maximum atomic E-state index is 5.84. The fourth-order valence-electron chi connectivity index (χ4n) is 3.13. The molecule has 1 aromatic carbocycles. The lowest BCUT2D eigenvalue weighted by molar-refractivity contribution is 0.304. The molecule has 0 N–H and O–H groups in total. The third kappa shape index (κ3) is 6.12. The molecule has 0 unspecified atom stereocenters. The first-order chi connectivity index (χ1) is 13.2. The van der Waals surface area contributed by atoms with Crippen LogP contribution in [-0.2, 0) is 11.2 Å². The minimum Gasteiger partial charge on any atom is -0.494 e. The van der Waals surface area contributed by atoms with Gasteiger partial charge in [0, 0.05) is 18.1 Å². The van der Waals surface area contributed by atoms with E-state index in [0.29, 0.717) is 12.6 Å². The molecular formula is C22H30N2O3. The van der Waals surface area contributed by atoms with Crippen LogP contribution in [0.3, 0.4) is 0 Å². The van der Waals surface area contributed by atoms with E-state index in [4.69, 9.17) is 14.0 Å². The van der Waals surface area contributed by atoms with E-state index in [1.54, 1.807) is 0 Å². The second-order valence-electron chi connectivity index (χ2n) is 7.13. The van der Waals surface area contributed by atoms with Crippen LogP contribution in [0.15, 0.2) is 39.8 Å². The quantitative estimate of drug-likeness (QED) is 0.516. The SMILES string of the molecule is CC[C@H]1COC(c2ccc(OCCCCCCCc3cc(C)no3)cc2)=N1. The van der Waals surface area contributed by atoms with E-state index in [-0.39, 0.29) is 0 Å². The first kappa shape index (κ1) is 19.5. The van der Waals surface area contributed by atoms with Crippen LogP contribution in [0.25, 0.3) is 0 Å². The highest BCUT2D eigenvalue weighted by Gasteiger charge is 2.18. The number of rotatable bonds is 11. The standard InChI is InChI=1S/C22H30N2O3/c1-3-19-16-26-22(23-19)18-10-12-20(13-11-18)25-14-8-6-4-5-7-9-21-15-17(2)24-27-21/h10-13,15,19H,3-9,14,16H2,1-2H3/t19-/m0/s1. The van der Waals surface area contributed by atoms with Gasteiger partial charge >= 0.3 is 0 Å². The molecule has 5 heteroatoms. The molecule has 2 heterocycles. The molecule has 0 spiro atoms. The first-order valence-electron chi connectivity index (χ1n) is 10.1. The zero-order valence-corrected chi connectivity index (χ0v) is 16.4. The minimum absolute atomic E-state index is 0.302. The molecule has 27 heavy (non-hydrogen) atoms. The van der Waals surface area contributed by atoms with Gasteiger partial charge in [0.15, 0.2) is 0 Å². The number of aliphatic imine (C=N–C) groups is 1. The van der Waals surface area contributed by atoms with Crippen LogP contribution in [0.2, 0.25) is 0 Å². The van der Waals surface area contributed by atoms with E-state index in [2.05, 4.69) is 17.1 Å². The summed E-state index contributed by atoms with van der Waals surface area (Å²) < 4.78 is 16.7. The lowest BCUT2D eigenvalue weighted by Gasteiger charge is -2.07. The predicted molar refractivity (Wildman–Crippen MR) is 107 cm³/mol. The first-order valence-corrected chi connectivity index (χ1v) is 10.1. The van der Waals surface area contributed by atoms with Crippen molar-refractivity contribution in [3.63, 3.8) is 0 Å². The van der Waals surface area contributed by atoms with E-state index in [1.165, 1.54) is 19.3 Å². The maximum absolute atomic E-state index is 5.84. The number of aryl methyl sites for hydroxylation is 2. The van der Waals surface area contributed by atoms with Crippen molar-refractivity contribution in [2.45, 2.75) is 64.8 Å². The van der Waals surface area contributed by atoms with Crippen molar-refractivity contribution in [2.75, 3.05) is 13.2 Å². The Kier molecular flexibility index (Phi) is 7.31. The largest absolute Gasteiger partial charge is 0.494 e. The van der Waals surface area contributed by atoms with Gasteiger partial charge in [-0.3, -0.25) is 0 Å². The monoisotopic (exact) mass is 370 g/mol. The van der Waals surface area contributed by atoms with Gasteiger partial charge in [0.2, 0.25) is 5.90 Å². The molecule has 0 radical (unpaired) electrons. The molecule has 146 valence electrons. The zero-order valence-electron chi connectivity index (χ0n) is 16.4. The summed E-state index contributed by atoms with van der Waals surface area (Å²) in [5.41, 5.74) is 1.99. The Morgan fingerprint density at radius 3 is 2.56 bits per heavy atom. The van der Waals surface area contributed by atoms with Crippen molar-refractivity contribution in [3.05, 3.63) is 47.3 Å². The average molecular weight is 370 g/mol. The van der Waals surface area contributed by atoms with Gasteiger partial charge in [0.25, 0.3) is 0 Å². The molecule has 0 amide bonds. The summed E-state index contributed by atoms with van der Waals surface area (Å²) in [4.78, 5) is 4.58. The van der Waals surface area contributed by atoms with Crippen LogP contribution in [0.4, 0.5) is 0 Å². The van der Waals surface area contributed by atoms with Gasteiger partial charge in [-0.1, -0.05) is 31.3 Å². The Balaban J connectivity index is 1.26. The molecular weight excluding hydrogens is 340 g/mol. The Bertz CT molecular complexity index is 721. The molecule has 0 saturated carbocycles. The molecule has 0 saturated heterocycles. The van der Waals surface area contributed by atoms with E-state index in [1.807, 2.05) is 37.3 Å². The fraction of sp³-hybridized carbons (Fsp3) is 0.545. The van der Waals surface area contributed by atoms with Crippen LogP contribution in [0.1, 0.15) is 62.5 Å². The van der Waals surface area contributed by atoms with Crippen molar-refractivity contribution in [2.24, 2.45) is 4.99 Å². The third-order valence-electron chi connectivity index (χ3n) is 4.80. The Morgan fingerprint density at radius 2 is 1.85 bits per heavy atom. The lowest BCUT2D eigenvalue weighted by Crippen LogP contribution is -2.04. The molecule has 1 atom stereocenters. The molecule has 5 nitrogen and oxygen atoms in total. The van der Waals surface area contributed by atoms with Crippen LogP contribution in [-0.4, -0.2) is 30.3 Å². The number of ether oxygens (including phenoxy) is 2. The van der Waals surface area contributed by atoms with Gasteiger partial charge in [-0.15, -0.1) is 0 Å². The van der Waals surface area contributed by atoms with Gasteiger partial charge in [0.05, 0.1) is 18.3 Å². The number of hydrogen-bond donors (Lipinski definition) is 0. The fourth-order valence-corrected chi connectivity index (χ4v) is 3.13. The summed E-state index contributed by atoms with van der Waals surface area (Å²) >= 11 is 0. The van der Waals surface area contributed by atoms with Gasteiger partial charge < -0.3 is 14.0 Å². The van der Waals surface area contributed by atoms with Gasteiger partial charge in [-0.25, -0.2) is 4.99 Å². The summed E-state index contributed by atoms with van der Waals surface area (Å²) in [6.45, 7) is 5.55. The number of benzene rings is 1. The van der Waals surface area contributed by atoms with E-state index in [9.17, 15) is 0 Å². The minimum atomic E-state index is 0.302. The molecule has 0 aliphatic carbocycles. The molecule has 2 aromatic rings. The van der Waals surface area contributed by atoms with Gasteiger partial charge in [-0.05, 0) is 50.5 Å². The highest BCUT2D eigenvalue weighted by Crippen LogP contribution is 2.18. The van der Waals surface area contributed by atoms with Crippen LogP contribution in [0, 0.1) is 6.92 Å². The van der Waals surface area contributed by atoms with Crippen LogP contribution < -0.4 is 4.74 Å². The molecule has 0 bridgehead atoms. The van der Waals surface area contributed by atoms with Gasteiger partial charge in [0.1, 0.15) is 18.1 Å². The summed E-state index contributed by atoms with van der Waals surface area (Å²) in [5, 5.41) is 3.91. The zero-order chi connectivity index (χ0) is 18.9. The lowest BCUT2D eigenvalue weighted by atomic mass is 10.1. The Labute approximate surface area is 161 Å². The molecule has 0 fully saturated rings. The maximum Gasteiger partial charge on any atom is 0.216 e. The second kappa shape index (κ2) is 10.1. The highest BCUT2D eigenvalue weighted by atomic mass is 16.5. The Hall–Kier alpha value is -2.30. The average Bonchev–Trinajstić information content (AvgIpc) is 3.33. The van der Waals surface area contributed by atoms with E-state index in [0.717, 1.165) is 61.0 Å². The molecule has 1 aliphatic heterocycles. The predicted octanol–water partition coefficient (Wildman–Crippen LogP) is 5.11. The van der Waals surface area contributed by atoms with Gasteiger partial charge in [-0.2, -0.15) is 0 Å². The Morgan fingerprint density at radius 1 is 1.07 bits per heavy atom. The van der Waals surface area contributed by atoms with Crippen molar-refractivity contribution >= 4 is 5.90 Å². The third-order valence-corrected chi connectivity index (χ3v) is 4.80. The van der Waals surface area contributed by atoms with Crippen molar-refractivity contribution in [1.82, 2.24) is 5.16 Å². The van der Waals surface area contributed by atoms with Crippen molar-refractivity contribution in [1.29, 1.82) is 0 Å². The van der Waals surface area contributed by atoms with Crippen molar-refractivity contribution in [3.8, 4) is 5.75 Å². The molecule has 1 aliphatic rings. The number of unbranched alkanes of at least 4 members (excludes halogenated alkanes) is 4. The summed E-state index contributed by atoms with van der Waals surface area (Å²) in [6.07, 6.45) is 7.87.